The lowest BCUT2D eigenvalue weighted by molar-refractivity contribution is 0.421. The highest BCUT2D eigenvalue weighted by Crippen LogP contribution is 2.52. The molecule has 0 aromatic rings. The van der Waals surface area contributed by atoms with Crippen molar-refractivity contribution in [2.75, 3.05) is 12.0 Å². The van der Waals surface area contributed by atoms with Crippen molar-refractivity contribution in [2.45, 2.75) is 44.2 Å². The Morgan fingerprint density at radius 2 is 1.92 bits per heavy atom. The van der Waals surface area contributed by atoms with Crippen LogP contribution in [0.25, 0.3) is 0 Å². The van der Waals surface area contributed by atoms with E-state index >= 15 is 0 Å². The van der Waals surface area contributed by atoms with E-state index in [9.17, 15) is 9.46 Å². The lowest BCUT2D eigenvalue weighted by atomic mass is 10.0. The largest absolute Gasteiger partial charge is 0.344 e. The van der Waals surface area contributed by atoms with Gasteiger partial charge < -0.3 is 4.89 Å². The van der Waals surface area contributed by atoms with Crippen LogP contribution in [0.1, 0.15) is 38.5 Å². The molecule has 1 aliphatic carbocycles. The van der Waals surface area contributed by atoms with Crippen LogP contribution in [0.4, 0.5) is 0 Å². The van der Waals surface area contributed by atoms with Gasteiger partial charge in [-0.2, -0.15) is 0 Å². The second-order valence-electron chi connectivity index (χ2n) is 3.81. The summed E-state index contributed by atoms with van der Waals surface area (Å²) < 4.78 is 11.8. The highest BCUT2D eigenvalue weighted by Gasteiger charge is 2.30. The van der Waals surface area contributed by atoms with E-state index < -0.39 is 7.37 Å². The molecule has 1 saturated carbocycles. The Hall–Kier alpha value is 0.480. The number of hydrogen-bond acceptors (Lipinski definition) is 1. The van der Waals surface area contributed by atoms with Crippen molar-refractivity contribution in [3.05, 3.63) is 0 Å². The van der Waals surface area contributed by atoms with Crippen LogP contribution in [-0.2, 0) is 4.57 Å². The summed E-state index contributed by atoms with van der Waals surface area (Å²) in [6, 6.07) is 0. The van der Waals surface area contributed by atoms with Crippen molar-refractivity contribution in [3.8, 4) is 0 Å². The van der Waals surface area contributed by atoms with E-state index in [4.69, 9.17) is 11.6 Å². The molecule has 1 fully saturated rings. The normalized spacial score (nSPS) is 24.2. The van der Waals surface area contributed by atoms with Crippen LogP contribution in [0.3, 0.4) is 0 Å². The van der Waals surface area contributed by atoms with Crippen molar-refractivity contribution in [1.82, 2.24) is 0 Å². The molecule has 0 spiro atoms. The molecular weight excluding hydrogens is 207 g/mol. The predicted octanol–water partition coefficient (Wildman–Crippen LogP) is 3.22. The Balaban J connectivity index is 2.41. The van der Waals surface area contributed by atoms with Crippen LogP contribution in [0.5, 0.6) is 0 Å². The number of rotatable bonds is 4. The van der Waals surface area contributed by atoms with Crippen molar-refractivity contribution < 1.29 is 9.46 Å². The summed E-state index contributed by atoms with van der Waals surface area (Å²) in [6.07, 6.45) is 6.44. The standard InChI is InChI=1S/C9H18ClO2P/c10-7-4-8-13(11,12)9-5-2-1-3-6-9/h9H,1-8H2,(H,11,12). The van der Waals surface area contributed by atoms with Gasteiger partial charge >= 0.3 is 0 Å². The van der Waals surface area contributed by atoms with Crippen molar-refractivity contribution >= 4 is 19.0 Å². The maximum Gasteiger partial charge on any atom is 0.203 e. The molecule has 1 rings (SSSR count). The number of alkyl halides is 1. The molecule has 0 aromatic carbocycles. The molecule has 0 aliphatic heterocycles. The molecule has 1 unspecified atom stereocenters. The quantitative estimate of drug-likeness (QED) is 0.588. The third kappa shape index (κ3) is 3.61. The van der Waals surface area contributed by atoms with Crippen LogP contribution in [0.2, 0.25) is 0 Å². The molecule has 1 atom stereocenters. The highest BCUT2D eigenvalue weighted by molar-refractivity contribution is 7.58. The van der Waals surface area contributed by atoms with Crippen molar-refractivity contribution in [3.63, 3.8) is 0 Å². The molecule has 0 bridgehead atoms. The van der Waals surface area contributed by atoms with Crippen molar-refractivity contribution in [1.29, 1.82) is 0 Å². The summed E-state index contributed by atoms with van der Waals surface area (Å²) in [7, 11) is -2.87. The third-order valence-corrected chi connectivity index (χ3v) is 5.64. The van der Waals surface area contributed by atoms with E-state index in [2.05, 4.69) is 0 Å². The minimum atomic E-state index is -2.87. The molecule has 1 aliphatic rings. The second kappa shape index (κ2) is 5.38. The van der Waals surface area contributed by atoms with Crippen LogP contribution >= 0.6 is 19.0 Å². The van der Waals surface area contributed by atoms with Gasteiger partial charge in [0.1, 0.15) is 0 Å². The molecule has 0 saturated heterocycles. The summed E-state index contributed by atoms with van der Waals surface area (Å²) in [6.45, 7) is 0. The molecular formula is C9H18ClO2P. The van der Waals surface area contributed by atoms with Gasteiger partial charge in [-0.15, -0.1) is 11.6 Å². The van der Waals surface area contributed by atoms with E-state index in [1.807, 2.05) is 0 Å². The lowest BCUT2D eigenvalue weighted by Crippen LogP contribution is -2.14. The van der Waals surface area contributed by atoms with Gasteiger partial charge in [0.25, 0.3) is 0 Å². The summed E-state index contributed by atoms with van der Waals surface area (Å²) in [5, 5.41) is 0. The topological polar surface area (TPSA) is 37.3 Å². The zero-order valence-electron chi connectivity index (χ0n) is 7.91. The minimum absolute atomic E-state index is 0.0736. The van der Waals surface area contributed by atoms with Gasteiger partial charge in [0.05, 0.1) is 0 Å². The Kier molecular flexibility index (Phi) is 4.78. The maximum absolute atomic E-state index is 11.8. The molecule has 13 heavy (non-hydrogen) atoms. The zero-order valence-corrected chi connectivity index (χ0v) is 9.57. The Morgan fingerprint density at radius 3 is 2.46 bits per heavy atom. The predicted molar refractivity (Wildman–Crippen MR) is 56.9 cm³/mol. The van der Waals surface area contributed by atoms with Crippen LogP contribution in [0.15, 0.2) is 0 Å². The molecule has 0 aromatic heterocycles. The van der Waals surface area contributed by atoms with Gasteiger partial charge in [-0.1, -0.05) is 19.3 Å². The van der Waals surface area contributed by atoms with Gasteiger partial charge in [-0.05, 0) is 19.3 Å². The summed E-state index contributed by atoms with van der Waals surface area (Å²) in [4.78, 5) is 9.77. The van der Waals surface area contributed by atoms with Crippen molar-refractivity contribution in [2.24, 2.45) is 0 Å². The fourth-order valence-corrected chi connectivity index (χ4v) is 4.42. The van der Waals surface area contributed by atoms with E-state index in [0.717, 1.165) is 25.7 Å². The maximum atomic E-state index is 11.8. The van der Waals surface area contributed by atoms with Gasteiger partial charge in [-0.3, -0.25) is 4.57 Å². The molecule has 0 heterocycles. The SMILES string of the molecule is O=P(O)(CCCCl)C1CCCCC1. The molecule has 78 valence electrons. The van der Waals surface area contributed by atoms with Gasteiger partial charge in [0.15, 0.2) is 0 Å². The first-order valence-corrected chi connectivity index (χ1v) is 7.49. The van der Waals surface area contributed by atoms with E-state index in [0.29, 0.717) is 18.5 Å². The molecule has 1 N–H and O–H groups in total. The lowest BCUT2D eigenvalue weighted by Gasteiger charge is -2.26. The van der Waals surface area contributed by atoms with E-state index in [-0.39, 0.29) is 5.66 Å². The van der Waals surface area contributed by atoms with Gasteiger partial charge in [-0.25, -0.2) is 0 Å². The zero-order chi connectivity index (χ0) is 9.73. The summed E-state index contributed by atoms with van der Waals surface area (Å²) >= 11 is 5.51. The summed E-state index contributed by atoms with van der Waals surface area (Å²) in [5.74, 6) is 0.497. The molecule has 0 radical (unpaired) electrons. The first-order chi connectivity index (χ1) is 6.17. The molecule has 4 heteroatoms. The first-order valence-electron chi connectivity index (χ1n) is 5.04. The van der Waals surface area contributed by atoms with E-state index in [1.165, 1.54) is 6.42 Å². The third-order valence-electron chi connectivity index (χ3n) is 2.76. The van der Waals surface area contributed by atoms with Crippen LogP contribution in [0, 0.1) is 0 Å². The highest BCUT2D eigenvalue weighted by atomic mass is 35.5. The average Bonchev–Trinajstić information content (AvgIpc) is 2.16. The monoisotopic (exact) mass is 224 g/mol. The Labute approximate surface area is 85.1 Å². The minimum Gasteiger partial charge on any atom is -0.344 e. The van der Waals surface area contributed by atoms with Crippen LogP contribution < -0.4 is 0 Å². The number of hydrogen-bond donors (Lipinski definition) is 1. The van der Waals surface area contributed by atoms with Crippen LogP contribution in [-0.4, -0.2) is 22.6 Å². The fourth-order valence-electron chi connectivity index (χ4n) is 1.95. The summed E-state index contributed by atoms with van der Waals surface area (Å²) in [5.41, 5.74) is 0.0736. The average molecular weight is 225 g/mol. The van der Waals surface area contributed by atoms with Gasteiger partial charge in [0, 0.05) is 17.7 Å². The fraction of sp³-hybridized carbons (Fsp3) is 1.00. The van der Waals surface area contributed by atoms with Gasteiger partial charge in [0.2, 0.25) is 7.37 Å². The first kappa shape index (κ1) is 11.6. The molecule has 0 amide bonds. The number of halogens is 1. The Morgan fingerprint density at radius 1 is 1.31 bits per heavy atom. The molecule has 2 nitrogen and oxygen atoms in total. The Bertz CT molecular complexity index is 190. The second-order valence-corrected chi connectivity index (χ2v) is 6.88. The van der Waals surface area contributed by atoms with E-state index in [1.54, 1.807) is 0 Å². The smallest absolute Gasteiger partial charge is 0.203 e.